The minimum Gasteiger partial charge on any atom is -0.484 e. The lowest BCUT2D eigenvalue weighted by Crippen LogP contribution is -2.31. The predicted octanol–water partition coefficient (Wildman–Crippen LogP) is 0.969. The first-order valence-electron chi connectivity index (χ1n) is 6.37. The Bertz CT molecular complexity index is 580. The summed E-state index contributed by atoms with van der Waals surface area (Å²) in [5, 5.41) is 6.91. The van der Waals surface area contributed by atoms with E-state index < -0.39 is 0 Å². The smallest absolute Gasteiger partial charge is 0.258 e. The second-order valence-electron chi connectivity index (χ2n) is 4.49. The summed E-state index contributed by atoms with van der Waals surface area (Å²) < 4.78 is 7.13. The average Bonchev–Trinajstić information content (AvgIpc) is 2.82. The Hall–Kier alpha value is -2.50. The molecule has 1 aromatic carbocycles. The van der Waals surface area contributed by atoms with Crippen LogP contribution in [0.25, 0.3) is 0 Å². The molecular formula is C14H18N4O2. The number of ether oxygens (including phenoxy) is 1. The fourth-order valence-corrected chi connectivity index (χ4v) is 1.70. The first-order valence-corrected chi connectivity index (χ1v) is 6.37. The highest BCUT2D eigenvalue weighted by Gasteiger charge is 2.03. The van der Waals surface area contributed by atoms with Gasteiger partial charge in [-0.05, 0) is 24.6 Å². The van der Waals surface area contributed by atoms with E-state index in [9.17, 15) is 4.79 Å². The van der Waals surface area contributed by atoms with Gasteiger partial charge < -0.3 is 15.8 Å². The molecule has 3 N–H and O–H groups in total. The van der Waals surface area contributed by atoms with Crippen molar-refractivity contribution in [1.82, 2.24) is 15.1 Å². The standard InChI is InChI=1S/C14H18N4O2/c1-11-8-17-18(9-11)6-5-16-14(19)10-20-13-4-2-3-12(15)7-13/h2-4,7-9H,5-6,10,15H2,1H3,(H,16,19). The topological polar surface area (TPSA) is 82.2 Å². The molecular weight excluding hydrogens is 256 g/mol. The van der Waals surface area contributed by atoms with Crippen molar-refractivity contribution in [2.24, 2.45) is 0 Å². The number of amides is 1. The molecule has 0 atom stereocenters. The first-order chi connectivity index (χ1) is 9.63. The van der Waals surface area contributed by atoms with Crippen molar-refractivity contribution < 1.29 is 9.53 Å². The van der Waals surface area contributed by atoms with E-state index in [0.717, 1.165) is 5.56 Å². The molecule has 0 bridgehead atoms. The number of carbonyl (C=O) groups is 1. The summed E-state index contributed by atoms with van der Waals surface area (Å²) in [6, 6.07) is 6.98. The van der Waals surface area contributed by atoms with Gasteiger partial charge in [-0.1, -0.05) is 6.07 Å². The molecule has 0 unspecified atom stereocenters. The van der Waals surface area contributed by atoms with Gasteiger partial charge in [-0.25, -0.2) is 0 Å². The van der Waals surface area contributed by atoms with Crippen molar-refractivity contribution in [1.29, 1.82) is 0 Å². The summed E-state index contributed by atoms with van der Waals surface area (Å²) in [6.45, 7) is 3.10. The van der Waals surface area contributed by atoms with Crippen molar-refractivity contribution in [3.8, 4) is 5.75 Å². The minimum atomic E-state index is -0.170. The zero-order valence-corrected chi connectivity index (χ0v) is 11.4. The Morgan fingerprint density at radius 3 is 3.05 bits per heavy atom. The van der Waals surface area contributed by atoms with Crippen LogP contribution in [0, 0.1) is 6.92 Å². The van der Waals surface area contributed by atoms with E-state index in [1.54, 1.807) is 35.1 Å². The van der Waals surface area contributed by atoms with E-state index in [4.69, 9.17) is 10.5 Å². The molecule has 2 aromatic rings. The van der Waals surface area contributed by atoms with E-state index in [0.29, 0.717) is 24.5 Å². The SMILES string of the molecule is Cc1cnn(CCNC(=O)COc2cccc(N)c2)c1. The predicted molar refractivity (Wildman–Crippen MR) is 76.3 cm³/mol. The van der Waals surface area contributed by atoms with Crippen LogP contribution in [0.1, 0.15) is 5.56 Å². The van der Waals surface area contributed by atoms with E-state index >= 15 is 0 Å². The lowest BCUT2D eigenvalue weighted by atomic mass is 10.3. The number of anilines is 1. The molecule has 20 heavy (non-hydrogen) atoms. The average molecular weight is 274 g/mol. The largest absolute Gasteiger partial charge is 0.484 e. The minimum absolute atomic E-state index is 0.0262. The van der Waals surface area contributed by atoms with E-state index in [1.165, 1.54) is 0 Å². The number of rotatable bonds is 6. The fraction of sp³-hybridized carbons (Fsp3) is 0.286. The molecule has 0 saturated carbocycles. The Labute approximate surface area is 117 Å². The number of aromatic nitrogens is 2. The van der Waals surface area contributed by atoms with Gasteiger partial charge in [0.15, 0.2) is 6.61 Å². The summed E-state index contributed by atoms with van der Waals surface area (Å²) in [4.78, 5) is 11.6. The van der Waals surface area contributed by atoms with Crippen molar-refractivity contribution in [3.63, 3.8) is 0 Å². The molecule has 106 valence electrons. The van der Waals surface area contributed by atoms with Crippen LogP contribution in [0.3, 0.4) is 0 Å². The number of aryl methyl sites for hydroxylation is 1. The summed E-state index contributed by atoms with van der Waals surface area (Å²) in [5.41, 5.74) is 7.33. The highest BCUT2D eigenvalue weighted by Crippen LogP contribution is 2.13. The number of nitrogens with two attached hydrogens (primary N) is 1. The molecule has 0 aliphatic heterocycles. The van der Waals surface area contributed by atoms with Gasteiger partial charge in [0.2, 0.25) is 0 Å². The molecule has 0 spiro atoms. The van der Waals surface area contributed by atoms with Crippen molar-refractivity contribution >= 4 is 11.6 Å². The molecule has 1 heterocycles. The lowest BCUT2D eigenvalue weighted by molar-refractivity contribution is -0.123. The first kappa shape index (κ1) is 13.9. The molecule has 0 fully saturated rings. The number of hydrogen-bond donors (Lipinski definition) is 2. The highest BCUT2D eigenvalue weighted by molar-refractivity contribution is 5.77. The zero-order valence-electron chi connectivity index (χ0n) is 11.4. The quantitative estimate of drug-likeness (QED) is 0.769. The lowest BCUT2D eigenvalue weighted by Gasteiger charge is -2.08. The van der Waals surface area contributed by atoms with Crippen LogP contribution in [-0.2, 0) is 11.3 Å². The van der Waals surface area contributed by atoms with Crippen LogP contribution in [0.4, 0.5) is 5.69 Å². The van der Waals surface area contributed by atoms with Crippen molar-refractivity contribution in [3.05, 3.63) is 42.2 Å². The maximum atomic E-state index is 11.6. The normalized spacial score (nSPS) is 10.2. The van der Waals surface area contributed by atoms with Crippen LogP contribution in [0.5, 0.6) is 5.75 Å². The monoisotopic (exact) mass is 274 g/mol. The summed E-state index contributed by atoms with van der Waals surface area (Å²) in [6.07, 6.45) is 3.71. The Kier molecular flexibility index (Phi) is 4.60. The molecule has 0 saturated heterocycles. The summed E-state index contributed by atoms with van der Waals surface area (Å²) >= 11 is 0. The zero-order chi connectivity index (χ0) is 14.4. The van der Waals surface area contributed by atoms with Crippen molar-refractivity contribution in [2.45, 2.75) is 13.5 Å². The number of benzene rings is 1. The molecule has 6 heteroatoms. The molecule has 6 nitrogen and oxygen atoms in total. The molecule has 0 aliphatic carbocycles. The number of nitrogen functional groups attached to an aromatic ring is 1. The fourth-order valence-electron chi connectivity index (χ4n) is 1.70. The van der Waals surface area contributed by atoms with Gasteiger partial charge in [0.25, 0.3) is 5.91 Å². The molecule has 1 aromatic heterocycles. The van der Waals surface area contributed by atoms with Crippen LogP contribution < -0.4 is 15.8 Å². The highest BCUT2D eigenvalue weighted by atomic mass is 16.5. The Morgan fingerprint density at radius 2 is 2.35 bits per heavy atom. The van der Waals surface area contributed by atoms with Gasteiger partial charge in [-0.2, -0.15) is 5.10 Å². The molecule has 1 amide bonds. The van der Waals surface area contributed by atoms with Crippen LogP contribution in [-0.4, -0.2) is 28.8 Å². The molecule has 2 rings (SSSR count). The second kappa shape index (κ2) is 6.60. The summed E-state index contributed by atoms with van der Waals surface area (Å²) in [5.74, 6) is 0.416. The van der Waals surface area contributed by atoms with E-state index in [-0.39, 0.29) is 12.5 Å². The number of hydrogen-bond acceptors (Lipinski definition) is 4. The van der Waals surface area contributed by atoms with Crippen LogP contribution in [0.15, 0.2) is 36.7 Å². The number of nitrogens with zero attached hydrogens (tertiary/aromatic N) is 2. The van der Waals surface area contributed by atoms with Gasteiger partial charge in [0.1, 0.15) is 5.75 Å². The maximum Gasteiger partial charge on any atom is 0.258 e. The molecule has 0 aliphatic rings. The van der Waals surface area contributed by atoms with Gasteiger partial charge >= 0.3 is 0 Å². The van der Waals surface area contributed by atoms with Crippen LogP contribution >= 0.6 is 0 Å². The third kappa shape index (κ3) is 4.31. The second-order valence-corrected chi connectivity index (χ2v) is 4.49. The maximum absolute atomic E-state index is 11.6. The van der Waals surface area contributed by atoms with Gasteiger partial charge in [0, 0.05) is 24.5 Å². The van der Waals surface area contributed by atoms with Gasteiger partial charge in [0.05, 0.1) is 12.7 Å². The summed E-state index contributed by atoms with van der Waals surface area (Å²) in [7, 11) is 0. The Morgan fingerprint density at radius 1 is 1.50 bits per heavy atom. The third-order valence-electron chi connectivity index (χ3n) is 2.65. The number of carbonyl (C=O) groups excluding carboxylic acids is 1. The van der Waals surface area contributed by atoms with Crippen LogP contribution in [0.2, 0.25) is 0 Å². The third-order valence-corrected chi connectivity index (χ3v) is 2.65. The molecule has 0 radical (unpaired) electrons. The van der Waals surface area contributed by atoms with E-state index in [2.05, 4.69) is 10.4 Å². The van der Waals surface area contributed by atoms with Gasteiger partial charge in [-0.3, -0.25) is 9.48 Å². The van der Waals surface area contributed by atoms with Gasteiger partial charge in [-0.15, -0.1) is 0 Å². The Balaban J connectivity index is 1.68. The number of nitrogens with one attached hydrogen (secondary N) is 1. The van der Waals surface area contributed by atoms with Crippen molar-refractivity contribution in [2.75, 3.05) is 18.9 Å². The van der Waals surface area contributed by atoms with E-state index in [1.807, 2.05) is 13.1 Å².